The fourth-order valence-corrected chi connectivity index (χ4v) is 6.26. The van der Waals surface area contributed by atoms with Crippen LogP contribution < -0.4 is 5.32 Å². The molecule has 0 spiro atoms. The number of benzene rings is 1. The van der Waals surface area contributed by atoms with E-state index in [0.29, 0.717) is 23.0 Å². The monoisotopic (exact) mass is 442 g/mol. The first-order valence-electron chi connectivity index (χ1n) is 9.40. The third kappa shape index (κ3) is 3.52. The Labute approximate surface area is 176 Å². The molecule has 1 fully saturated rings. The molecule has 1 N–H and O–H groups in total. The van der Waals surface area contributed by atoms with E-state index in [9.17, 15) is 13.2 Å². The van der Waals surface area contributed by atoms with Gasteiger partial charge in [0.25, 0.3) is 5.91 Å². The van der Waals surface area contributed by atoms with Crippen molar-refractivity contribution < 1.29 is 17.6 Å². The van der Waals surface area contributed by atoms with E-state index in [2.05, 4.69) is 15.4 Å². The number of rotatable bonds is 4. The Morgan fingerprint density at radius 3 is 2.90 bits per heavy atom. The van der Waals surface area contributed by atoms with Gasteiger partial charge in [-0.2, -0.15) is 5.10 Å². The van der Waals surface area contributed by atoms with Crippen molar-refractivity contribution in [3.8, 4) is 11.5 Å². The molecular formula is C20H18N4O4S2. The van der Waals surface area contributed by atoms with Gasteiger partial charge >= 0.3 is 0 Å². The van der Waals surface area contributed by atoms with Crippen molar-refractivity contribution >= 4 is 42.4 Å². The Balaban J connectivity index is 1.47. The second-order valence-corrected chi connectivity index (χ2v) is 10.6. The third-order valence-corrected chi connectivity index (χ3v) is 7.74. The molecule has 0 radical (unpaired) electrons. The molecule has 0 bridgehead atoms. The number of anilines is 1. The van der Waals surface area contributed by atoms with Crippen molar-refractivity contribution in [1.82, 2.24) is 14.8 Å². The number of hydrogen-bond acceptors (Lipinski definition) is 7. The number of hydrogen-bond donors (Lipinski definition) is 1. The SMILES string of the molecule is Cc1ccc2nc(NC(=O)c3cc(-c4ccco4)n(C4CCS(=O)(=O)C4)n3)sc2c1. The highest BCUT2D eigenvalue weighted by Gasteiger charge is 2.32. The van der Waals surface area contributed by atoms with Gasteiger partial charge in [0.2, 0.25) is 0 Å². The van der Waals surface area contributed by atoms with Crippen LogP contribution in [0.3, 0.4) is 0 Å². The summed E-state index contributed by atoms with van der Waals surface area (Å²) in [7, 11) is -3.11. The average molecular weight is 443 g/mol. The lowest BCUT2D eigenvalue weighted by atomic mass is 10.2. The lowest BCUT2D eigenvalue weighted by molar-refractivity contribution is 0.102. The molecule has 1 unspecified atom stereocenters. The van der Waals surface area contributed by atoms with Crippen LogP contribution in [0, 0.1) is 6.92 Å². The van der Waals surface area contributed by atoms with Gasteiger partial charge in [0.15, 0.2) is 26.4 Å². The minimum atomic E-state index is -3.11. The number of furan rings is 1. The van der Waals surface area contributed by atoms with E-state index in [1.165, 1.54) is 17.6 Å². The van der Waals surface area contributed by atoms with E-state index in [1.54, 1.807) is 22.9 Å². The van der Waals surface area contributed by atoms with E-state index in [0.717, 1.165) is 15.8 Å². The number of thiazole rings is 1. The van der Waals surface area contributed by atoms with Crippen molar-refractivity contribution in [1.29, 1.82) is 0 Å². The molecule has 1 aromatic carbocycles. The molecule has 154 valence electrons. The van der Waals surface area contributed by atoms with Crippen molar-refractivity contribution in [3.63, 3.8) is 0 Å². The highest BCUT2D eigenvalue weighted by molar-refractivity contribution is 7.91. The van der Waals surface area contributed by atoms with Gasteiger partial charge in [-0.15, -0.1) is 0 Å². The molecule has 1 amide bonds. The van der Waals surface area contributed by atoms with Crippen LogP contribution in [-0.4, -0.2) is 40.6 Å². The van der Waals surface area contributed by atoms with Crippen LogP contribution in [-0.2, 0) is 9.84 Å². The predicted molar refractivity (Wildman–Crippen MR) is 115 cm³/mol. The molecule has 4 aromatic rings. The number of carbonyl (C=O) groups excluding carboxylic acids is 1. The Morgan fingerprint density at radius 2 is 2.17 bits per heavy atom. The number of nitrogens with one attached hydrogen (secondary N) is 1. The number of amides is 1. The molecule has 3 aromatic heterocycles. The topological polar surface area (TPSA) is 107 Å². The first kappa shape index (κ1) is 19.0. The summed E-state index contributed by atoms with van der Waals surface area (Å²) in [6, 6.07) is 10.7. The fraction of sp³-hybridized carbons (Fsp3) is 0.250. The van der Waals surface area contributed by atoms with Crippen LogP contribution in [0.2, 0.25) is 0 Å². The van der Waals surface area contributed by atoms with Crippen LogP contribution in [0.15, 0.2) is 47.1 Å². The second-order valence-electron chi connectivity index (χ2n) is 7.34. The standard InChI is InChI=1S/C20H18N4O4S2/c1-12-4-5-14-18(9-12)29-20(21-14)22-19(25)15-10-16(17-3-2-7-28-17)24(23-15)13-6-8-30(26,27)11-13/h2-5,7,9-10,13H,6,8,11H2,1H3,(H,21,22,25). The smallest absolute Gasteiger partial charge is 0.277 e. The normalized spacial score (nSPS) is 18.1. The molecule has 1 saturated heterocycles. The Bertz CT molecular complexity index is 1350. The largest absolute Gasteiger partial charge is 0.463 e. The predicted octanol–water partition coefficient (Wildman–Crippen LogP) is 3.67. The molecule has 10 heteroatoms. The summed E-state index contributed by atoms with van der Waals surface area (Å²) in [5.74, 6) is 0.238. The Hall–Kier alpha value is -2.98. The third-order valence-electron chi connectivity index (χ3n) is 5.06. The van der Waals surface area contributed by atoms with Gasteiger partial charge < -0.3 is 4.42 Å². The van der Waals surface area contributed by atoms with E-state index in [4.69, 9.17) is 4.42 Å². The zero-order valence-electron chi connectivity index (χ0n) is 16.0. The lowest BCUT2D eigenvalue weighted by Crippen LogP contribution is -2.16. The number of nitrogens with zero attached hydrogens (tertiary/aromatic N) is 3. The first-order valence-corrected chi connectivity index (χ1v) is 12.0. The number of aromatic nitrogens is 3. The number of sulfone groups is 1. The van der Waals surface area contributed by atoms with Crippen molar-refractivity contribution in [2.75, 3.05) is 16.8 Å². The quantitative estimate of drug-likeness (QED) is 0.517. The maximum absolute atomic E-state index is 12.9. The summed E-state index contributed by atoms with van der Waals surface area (Å²) in [5.41, 5.74) is 2.70. The summed E-state index contributed by atoms with van der Waals surface area (Å²) >= 11 is 1.39. The Kier molecular flexibility index (Phi) is 4.48. The summed E-state index contributed by atoms with van der Waals surface area (Å²) < 4.78 is 32.0. The molecule has 1 aliphatic heterocycles. The van der Waals surface area contributed by atoms with Gasteiger partial charge in [0.1, 0.15) is 5.69 Å². The lowest BCUT2D eigenvalue weighted by Gasteiger charge is -2.11. The molecule has 0 saturated carbocycles. The summed E-state index contributed by atoms with van der Waals surface area (Å²) in [6.45, 7) is 2.00. The molecular weight excluding hydrogens is 424 g/mol. The number of carbonyl (C=O) groups is 1. The molecule has 30 heavy (non-hydrogen) atoms. The molecule has 1 atom stereocenters. The summed E-state index contributed by atoms with van der Waals surface area (Å²) in [6.07, 6.45) is 1.98. The van der Waals surface area contributed by atoms with E-state index in [-0.39, 0.29) is 23.2 Å². The van der Waals surface area contributed by atoms with Gasteiger partial charge in [-0.25, -0.2) is 13.4 Å². The van der Waals surface area contributed by atoms with E-state index < -0.39 is 15.7 Å². The number of aryl methyl sites for hydroxylation is 1. The van der Waals surface area contributed by atoms with Gasteiger partial charge in [-0.1, -0.05) is 17.4 Å². The highest BCUT2D eigenvalue weighted by atomic mass is 32.2. The highest BCUT2D eigenvalue weighted by Crippen LogP contribution is 2.31. The van der Waals surface area contributed by atoms with E-state index >= 15 is 0 Å². The van der Waals surface area contributed by atoms with Crippen LogP contribution in [0.4, 0.5) is 5.13 Å². The second kappa shape index (κ2) is 7.06. The van der Waals surface area contributed by atoms with Crippen molar-refractivity contribution in [2.24, 2.45) is 0 Å². The minimum Gasteiger partial charge on any atom is -0.463 e. The van der Waals surface area contributed by atoms with Crippen LogP contribution in [0.1, 0.15) is 28.5 Å². The summed E-state index contributed by atoms with van der Waals surface area (Å²) in [5, 5.41) is 7.72. The molecule has 4 heterocycles. The average Bonchev–Trinajstić information content (AvgIpc) is 3.46. The van der Waals surface area contributed by atoms with E-state index in [1.807, 2.05) is 25.1 Å². The minimum absolute atomic E-state index is 0.000663. The maximum Gasteiger partial charge on any atom is 0.277 e. The van der Waals surface area contributed by atoms with Crippen molar-refractivity contribution in [3.05, 3.63) is 53.9 Å². The van der Waals surface area contributed by atoms with Gasteiger partial charge in [0.05, 0.1) is 34.0 Å². The van der Waals surface area contributed by atoms with Crippen LogP contribution in [0.25, 0.3) is 21.7 Å². The van der Waals surface area contributed by atoms with Crippen LogP contribution >= 0.6 is 11.3 Å². The zero-order chi connectivity index (χ0) is 20.9. The fourth-order valence-electron chi connectivity index (χ4n) is 3.61. The maximum atomic E-state index is 12.9. The van der Waals surface area contributed by atoms with Gasteiger partial charge in [-0.05, 0) is 43.2 Å². The Morgan fingerprint density at radius 1 is 1.30 bits per heavy atom. The van der Waals surface area contributed by atoms with Crippen molar-refractivity contribution in [2.45, 2.75) is 19.4 Å². The molecule has 5 rings (SSSR count). The molecule has 8 nitrogen and oxygen atoms in total. The van der Waals surface area contributed by atoms with Gasteiger partial charge in [-0.3, -0.25) is 14.8 Å². The summed E-state index contributed by atoms with van der Waals surface area (Å²) in [4.78, 5) is 17.3. The molecule has 1 aliphatic rings. The number of fused-ring (bicyclic) bond motifs is 1. The van der Waals surface area contributed by atoms with Crippen LogP contribution in [0.5, 0.6) is 0 Å². The van der Waals surface area contributed by atoms with Gasteiger partial charge in [0, 0.05) is 6.07 Å². The first-order chi connectivity index (χ1) is 14.4. The zero-order valence-corrected chi connectivity index (χ0v) is 17.7. The molecule has 0 aliphatic carbocycles.